The first kappa shape index (κ1) is 12.0. The van der Waals surface area contributed by atoms with Crippen LogP contribution in [0, 0.1) is 0 Å². The first-order chi connectivity index (χ1) is 6.93. The van der Waals surface area contributed by atoms with Crippen LogP contribution in [0.15, 0.2) is 35.2 Å². The van der Waals surface area contributed by atoms with Crippen molar-refractivity contribution in [3.8, 4) is 0 Å². The van der Waals surface area contributed by atoms with Gasteiger partial charge in [-0.05, 0) is 18.6 Å². The van der Waals surface area contributed by atoms with E-state index in [0.29, 0.717) is 0 Å². The maximum absolute atomic E-state index is 2.26. The Labute approximate surface area is 95.3 Å². The monoisotopic (exact) mass is 226 g/mol. The summed E-state index contributed by atoms with van der Waals surface area (Å²) in [6.45, 7) is 2.26. The summed E-state index contributed by atoms with van der Waals surface area (Å²) >= 11 is 0. The van der Waals surface area contributed by atoms with E-state index in [9.17, 15) is 0 Å². The second-order valence-corrected chi connectivity index (χ2v) is 5.77. The summed E-state index contributed by atoms with van der Waals surface area (Å²) < 4.78 is 0. The highest BCUT2D eigenvalue weighted by molar-refractivity contribution is 8.76. The third-order valence-electron chi connectivity index (χ3n) is 1.98. The third kappa shape index (κ3) is 5.61. The highest BCUT2D eigenvalue weighted by atomic mass is 33.1. The van der Waals surface area contributed by atoms with Crippen molar-refractivity contribution < 1.29 is 0 Å². The molecule has 0 radical (unpaired) electrons. The van der Waals surface area contributed by atoms with Gasteiger partial charge in [0.25, 0.3) is 0 Å². The summed E-state index contributed by atoms with van der Waals surface area (Å²) in [6, 6.07) is 10.6. The minimum Gasteiger partial charge on any atom is -0.0889 e. The van der Waals surface area contributed by atoms with Gasteiger partial charge in [-0.25, -0.2) is 0 Å². The van der Waals surface area contributed by atoms with E-state index in [-0.39, 0.29) is 0 Å². The molecule has 0 N–H and O–H groups in total. The molecule has 0 spiro atoms. The Morgan fingerprint density at radius 2 is 1.79 bits per heavy atom. The van der Waals surface area contributed by atoms with Gasteiger partial charge in [0.2, 0.25) is 0 Å². The molecule has 0 unspecified atom stereocenters. The Morgan fingerprint density at radius 3 is 2.50 bits per heavy atom. The number of rotatable bonds is 7. The van der Waals surface area contributed by atoms with Crippen molar-refractivity contribution in [2.45, 2.75) is 37.5 Å². The number of hydrogen-bond donors (Lipinski definition) is 0. The van der Waals surface area contributed by atoms with Crippen molar-refractivity contribution >= 4 is 21.6 Å². The molecule has 0 aromatic heterocycles. The van der Waals surface area contributed by atoms with Gasteiger partial charge in [-0.1, -0.05) is 66.0 Å². The van der Waals surface area contributed by atoms with Crippen LogP contribution in [-0.4, -0.2) is 5.75 Å². The minimum absolute atomic E-state index is 1.28. The zero-order chi connectivity index (χ0) is 10.1. The second kappa shape index (κ2) is 8.25. The van der Waals surface area contributed by atoms with E-state index < -0.39 is 0 Å². The van der Waals surface area contributed by atoms with Gasteiger partial charge in [0.05, 0.1) is 0 Å². The van der Waals surface area contributed by atoms with Crippen LogP contribution in [0.3, 0.4) is 0 Å². The number of benzene rings is 1. The number of unbranched alkanes of at least 4 members (excludes halogenated alkanes) is 3. The van der Waals surface area contributed by atoms with Crippen LogP contribution in [0.2, 0.25) is 0 Å². The second-order valence-electron chi connectivity index (χ2n) is 3.28. The lowest BCUT2D eigenvalue weighted by atomic mass is 10.2. The van der Waals surface area contributed by atoms with Crippen LogP contribution >= 0.6 is 21.6 Å². The van der Waals surface area contributed by atoms with E-state index in [1.54, 1.807) is 0 Å². The zero-order valence-electron chi connectivity index (χ0n) is 8.74. The average Bonchev–Trinajstić information content (AvgIpc) is 2.25. The summed E-state index contributed by atoms with van der Waals surface area (Å²) in [4.78, 5) is 1.37. The van der Waals surface area contributed by atoms with Gasteiger partial charge in [-0.3, -0.25) is 0 Å². The Hall–Kier alpha value is -0.0800. The largest absolute Gasteiger partial charge is 0.0889 e. The molecule has 0 aliphatic heterocycles. The van der Waals surface area contributed by atoms with Gasteiger partial charge in [0, 0.05) is 10.6 Å². The van der Waals surface area contributed by atoms with Crippen LogP contribution in [0.1, 0.15) is 32.6 Å². The van der Waals surface area contributed by atoms with Gasteiger partial charge in [-0.15, -0.1) is 0 Å². The SMILES string of the molecule is CCCCCCSSc1ccccc1. The normalized spacial score (nSPS) is 10.4. The Morgan fingerprint density at radius 1 is 1.00 bits per heavy atom. The zero-order valence-corrected chi connectivity index (χ0v) is 10.4. The molecule has 0 fully saturated rings. The van der Waals surface area contributed by atoms with Crippen LogP contribution < -0.4 is 0 Å². The molecule has 78 valence electrons. The predicted octanol–water partition coefficient (Wildman–Crippen LogP) is 5.01. The Balaban J connectivity index is 1.99. The van der Waals surface area contributed by atoms with E-state index in [1.165, 1.54) is 36.3 Å². The van der Waals surface area contributed by atoms with Gasteiger partial charge >= 0.3 is 0 Å². The molecule has 0 bridgehead atoms. The summed E-state index contributed by atoms with van der Waals surface area (Å²) in [5.74, 6) is 1.28. The third-order valence-corrected chi connectivity index (χ3v) is 4.45. The molecular formula is C12H18S2. The maximum atomic E-state index is 2.26. The van der Waals surface area contributed by atoms with E-state index in [4.69, 9.17) is 0 Å². The molecule has 1 rings (SSSR count). The molecule has 14 heavy (non-hydrogen) atoms. The summed E-state index contributed by atoms with van der Waals surface area (Å²) in [5, 5.41) is 0. The summed E-state index contributed by atoms with van der Waals surface area (Å²) in [6.07, 6.45) is 5.46. The fourth-order valence-corrected chi connectivity index (χ4v) is 3.33. The molecule has 1 aromatic rings. The molecule has 0 nitrogen and oxygen atoms in total. The van der Waals surface area contributed by atoms with Crippen molar-refractivity contribution in [1.29, 1.82) is 0 Å². The summed E-state index contributed by atoms with van der Waals surface area (Å²) in [5.41, 5.74) is 0. The first-order valence-electron chi connectivity index (χ1n) is 5.28. The minimum atomic E-state index is 1.28. The van der Waals surface area contributed by atoms with Crippen molar-refractivity contribution in [1.82, 2.24) is 0 Å². The lowest BCUT2D eigenvalue weighted by Crippen LogP contribution is -1.78. The number of hydrogen-bond acceptors (Lipinski definition) is 2. The van der Waals surface area contributed by atoms with Crippen LogP contribution in [0.25, 0.3) is 0 Å². The maximum Gasteiger partial charge on any atom is 0.0182 e. The first-order valence-corrected chi connectivity index (χ1v) is 7.60. The average molecular weight is 226 g/mol. The summed E-state index contributed by atoms with van der Waals surface area (Å²) in [7, 11) is 3.87. The smallest absolute Gasteiger partial charge is 0.0182 e. The molecule has 0 aliphatic rings. The molecule has 0 saturated carbocycles. The van der Waals surface area contributed by atoms with Gasteiger partial charge in [0.15, 0.2) is 0 Å². The van der Waals surface area contributed by atoms with Crippen LogP contribution in [-0.2, 0) is 0 Å². The molecular weight excluding hydrogens is 208 g/mol. The van der Waals surface area contributed by atoms with E-state index in [1.807, 2.05) is 21.6 Å². The molecule has 0 saturated heterocycles. The molecule has 1 aromatic carbocycles. The van der Waals surface area contributed by atoms with E-state index >= 15 is 0 Å². The molecule has 0 heterocycles. The van der Waals surface area contributed by atoms with Gasteiger partial charge in [0.1, 0.15) is 0 Å². The quantitative estimate of drug-likeness (QED) is 0.473. The fraction of sp³-hybridized carbons (Fsp3) is 0.500. The predicted molar refractivity (Wildman–Crippen MR) is 68.9 cm³/mol. The molecule has 0 amide bonds. The highest BCUT2D eigenvalue weighted by Crippen LogP contribution is 2.31. The van der Waals surface area contributed by atoms with Crippen molar-refractivity contribution in [3.63, 3.8) is 0 Å². The molecule has 2 heteroatoms. The topological polar surface area (TPSA) is 0 Å². The standard InChI is InChI=1S/C12H18S2/c1-2-3-4-8-11-13-14-12-9-6-5-7-10-12/h5-7,9-10H,2-4,8,11H2,1H3. The lowest BCUT2D eigenvalue weighted by Gasteiger charge is -2.00. The van der Waals surface area contributed by atoms with E-state index in [0.717, 1.165) is 0 Å². The highest BCUT2D eigenvalue weighted by Gasteiger charge is 1.93. The van der Waals surface area contributed by atoms with Gasteiger partial charge < -0.3 is 0 Å². The molecule has 0 atom stereocenters. The van der Waals surface area contributed by atoms with Crippen molar-refractivity contribution in [2.75, 3.05) is 5.75 Å². The fourth-order valence-electron chi connectivity index (χ4n) is 1.17. The van der Waals surface area contributed by atoms with E-state index in [2.05, 4.69) is 37.3 Å². The Kier molecular flexibility index (Phi) is 7.06. The van der Waals surface area contributed by atoms with Crippen molar-refractivity contribution in [2.24, 2.45) is 0 Å². The Bertz CT molecular complexity index is 221. The van der Waals surface area contributed by atoms with Crippen LogP contribution in [0.4, 0.5) is 0 Å². The van der Waals surface area contributed by atoms with Crippen molar-refractivity contribution in [3.05, 3.63) is 30.3 Å². The molecule has 0 aliphatic carbocycles. The van der Waals surface area contributed by atoms with Gasteiger partial charge in [-0.2, -0.15) is 0 Å². The lowest BCUT2D eigenvalue weighted by molar-refractivity contribution is 0.707. The van der Waals surface area contributed by atoms with Crippen LogP contribution in [0.5, 0.6) is 0 Å².